The van der Waals surface area contributed by atoms with Gasteiger partial charge in [0.05, 0.1) is 6.04 Å². The maximum atomic E-state index is 12.4. The van der Waals surface area contributed by atoms with E-state index in [1.54, 1.807) is 0 Å². The van der Waals surface area contributed by atoms with Gasteiger partial charge < -0.3 is 5.32 Å². The Labute approximate surface area is 139 Å². The van der Waals surface area contributed by atoms with Crippen molar-refractivity contribution in [2.45, 2.75) is 46.2 Å². The molecule has 2 nitrogen and oxygen atoms in total. The van der Waals surface area contributed by atoms with Crippen molar-refractivity contribution in [2.24, 2.45) is 5.92 Å². The Morgan fingerprint density at radius 3 is 1.96 bits per heavy atom. The molecule has 1 atom stereocenters. The lowest BCUT2D eigenvalue weighted by molar-refractivity contribution is -0.124. The molecule has 122 valence electrons. The van der Waals surface area contributed by atoms with Gasteiger partial charge >= 0.3 is 0 Å². The lowest BCUT2D eigenvalue weighted by atomic mass is 9.94. The molecule has 2 rings (SSSR count). The summed E-state index contributed by atoms with van der Waals surface area (Å²) in [7, 11) is 0. The van der Waals surface area contributed by atoms with Crippen LogP contribution < -0.4 is 5.32 Å². The first-order valence-corrected chi connectivity index (χ1v) is 8.41. The number of nitrogens with one attached hydrogen (secondary N) is 1. The van der Waals surface area contributed by atoms with Gasteiger partial charge in [-0.25, -0.2) is 0 Å². The minimum Gasteiger partial charge on any atom is -0.305 e. The van der Waals surface area contributed by atoms with Crippen LogP contribution in [0, 0.1) is 5.92 Å². The van der Waals surface area contributed by atoms with E-state index in [1.807, 2.05) is 32.0 Å². The van der Waals surface area contributed by atoms with Crippen LogP contribution >= 0.6 is 0 Å². The van der Waals surface area contributed by atoms with Crippen molar-refractivity contribution in [3.63, 3.8) is 0 Å². The van der Waals surface area contributed by atoms with Crippen LogP contribution in [0.1, 0.15) is 33.3 Å². The van der Waals surface area contributed by atoms with Crippen LogP contribution in [0.25, 0.3) is 11.1 Å². The van der Waals surface area contributed by atoms with Crippen LogP contribution in [-0.4, -0.2) is 17.9 Å². The fraction of sp³-hybridized carbons (Fsp3) is 0.381. The number of benzene rings is 2. The quantitative estimate of drug-likeness (QED) is 0.816. The van der Waals surface area contributed by atoms with Crippen LogP contribution in [0.15, 0.2) is 54.6 Å². The molecule has 0 aliphatic carbocycles. The molecule has 1 N–H and O–H groups in total. The fourth-order valence-corrected chi connectivity index (χ4v) is 2.75. The van der Waals surface area contributed by atoms with E-state index in [0.717, 1.165) is 6.42 Å². The lowest BCUT2D eigenvalue weighted by Crippen LogP contribution is -2.44. The van der Waals surface area contributed by atoms with Crippen molar-refractivity contribution < 1.29 is 4.79 Å². The summed E-state index contributed by atoms with van der Waals surface area (Å²) in [4.78, 5) is 12.4. The Morgan fingerprint density at radius 1 is 0.870 bits per heavy atom. The predicted molar refractivity (Wildman–Crippen MR) is 97.5 cm³/mol. The van der Waals surface area contributed by atoms with Crippen LogP contribution in [0.5, 0.6) is 0 Å². The lowest BCUT2D eigenvalue weighted by Gasteiger charge is -2.22. The monoisotopic (exact) mass is 309 g/mol. The summed E-state index contributed by atoms with van der Waals surface area (Å²) in [6.45, 7) is 8.10. The van der Waals surface area contributed by atoms with Crippen LogP contribution in [0.3, 0.4) is 0 Å². The molecule has 0 unspecified atom stereocenters. The molecular formula is C21H27NO. The van der Waals surface area contributed by atoms with Crippen LogP contribution in [-0.2, 0) is 11.2 Å². The summed E-state index contributed by atoms with van der Waals surface area (Å²) in [5.74, 6) is 0.334. The van der Waals surface area contributed by atoms with Crippen molar-refractivity contribution in [3.05, 3.63) is 60.2 Å². The van der Waals surface area contributed by atoms with Crippen molar-refractivity contribution in [1.29, 1.82) is 0 Å². The molecule has 23 heavy (non-hydrogen) atoms. The Hall–Kier alpha value is -1.93. The summed E-state index contributed by atoms with van der Waals surface area (Å²) >= 11 is 0. The average molecular weight is 309 g/mol. The van der Waals surface area contributed by atoms with Crippen LogP contribution in [0.2, 0.25) is 0 Å². The maximum Gasteiger partial charge on any atom is 0.152 e. The third kappa shape index (κ3) is 5.04. The fourth-order valence-electron chi connectivity index (χ4n) is 2.75. The Kier molecular flexibility index (Phi) is 6.12. The molecular weight excluding hydrogens is 282 g/mol. The number of carbonyl (C=O) groups is 1. The maximum absolute atomic E-state index is 12.4. The van der Waals surface area contributed by atoms with E-state index in [4.69, 9.17) is 0 Å². The molecule has 0 aliphatic heterocycles. The summed E-state index contributed by atoms with van der Waals surface area (Å²) in [6.07, 6.45) is 0.740. The van der Waals surface area contributed by atoms with Crippen molar-refractivity contribution in [3.8, 4) is 11.1 Å². The molecule has 0 heterocycles. The van der Waals surface area contributed by atoms with E-state index in [0.29, 0.717) is 6.04 Å². The first kappa shape index (κ1) is 17.4. The second kappa shape index (κ2) is 8.07. The van der Waals surface area contributed by atoms with Gasteiger partial charge in [0.1, 0.15) is 0 Å². The zero-order chi connectivity index (χ0) is 16.8. The van der Waals surface area contributed by atoms with Gasteiger partial charge in [-0.3, -0.25) is 4.79 Å². The third-order valence-electron chi connectivity index (χ3n) is 3.95. The van der Waals surface area contributed by atoms with E-state index in [1.165, 1.54) is 16.7 Å². The number of hydrogen-bond donors (Lipinski definition) is 1. The summed E-state index contributed by atoms with van der Waals surface area (Å²) in [5.41, 5.74) is 3.61. The highest BCUT2D eigenvalue weighted by molar-refractivity contribution is 5.86. The Balaban J connectivity index is 2.12. The normalized spacial score (nSPS) is 12.6. The Morgan fingerprint density at radius 2 is 1.43 bits per heavy atom. The molecule has 2 aromatic rings. The van der Waals surface area contributed by atoms with E-state index in [-0.39, 0.29) is 17.7 Å². The zero-order valence-corrected chi connectivity index (χ0v) is 14.5. The van der Waals surface area contributed by atoms with Gasteiger partial charge in [-0.2, -0.15) is 0 Å². The second-order valence-corrected chi connectivity index (χ2v) is 6.70. The smallest absolute Gasteiger partial charge is 0.152 e. The molecule has 0 amide bonds. The number of ketones is 1. The van der Waals surface area contributed by atoms with Gasteiger partial charge in [0.2, 0.25) is 0 Å². The number of Topliss-reactive ketones (excluding diaryl/α,β-unsaturated/α-hetero) is 1. The molecule has 0 radical (unpaired) electrons. The summed E-state index contributed by atoms with van der Waals surface area (Å²) in [6, 6.07) is 19.1. The van der Waals surface area contributed by atoms with Gasteiger partial charge in [-0.1, -0.05) is 82.3 Å². The SMILES string of the molecule is CC(C)N[C@@H](Cc1ccc(-c2ccccc2)cc1)C(=O)C(C)C. The molecule has 0 saturated carbocycles. The molecule has 2 heteroatoms. The molecule has 0 aromatic heterocycles. The third-order valence-corrected chi connectivity index (χ3v) is 3.95. The topological polar surface area (TPSA) is 29.1 Å². The van der Waals surface area contributed by atoms with E-state index in [2.05, 4.69) is 55.6 Å². The highest BCUT2D eigenvalue weighted by Crippen LogP contribution is 2.20. The van der Waals surface area contributed by atoms with Crippen molar-refractivity contribution >= 4 is 5.78 Å². The van der Waals surface area contributed by atoms with E-state index in [9.17, 15) is 4.79 Å². The minimum atomic E-state index is -0.113. The molecule has 0 fully saturated rings. The standard InChI is InChI=1S/C21H27NO/c1-15(2)21(23)20(22-16(3)4)14-17-10-12-19(13-11-17)18-8-6-5-7-9-18/h5-13,15-16,20,22H,14H2,1-4H3/t20-/m0/s1. The zero-order valence-electron chi connectivity index (χ0n) is 14.5. The van der Waals surface area contributed by atoms with Crippen molar-refractivity contribution in [2.75, 3.05) is 0 Å². The molecule has 2 aromatic carbocycles. The van der Waals surface area contributed by atoms with Crippen molar-refractivity contribution in [1.82, 2.24) is 5.32 Å². The summed E-state index contributed by atoms with van der Waals surface area (Å²) in [5, 5.41) is 3.41. The second-order valence-electron chi connectivity index (χ2n) is 6.70. The first-order valence-electron chi connectivity index (χ1n) is 8.41. The molecule has 0 bridgehead atoms. The van der Waals surface area contributed by atoms with Gasteiger partial charge in [-0.05, 0) is 23.1 Å². The highest BCUT2D eigenvalue weighted by Gasteiger charge is 2.21. The van der Waals surface area contributed by atoms with E-state index < -0.39 is 0 Å². The van der Waals surface area contributed by atoms with Crippen LogP contribution in [0.4, 0.5) is 0 Å². The largest absolute Gasteiger partial charge is 0.305 e. The summed E-state index contributed by atoms with van der Waals surface area (Å²) < 4.78 is 0. The minimum absolute atomic E-state index is 0.0508. The van der Waals surface area contributed by atoms with Gasteiger partial charge in [0.25, 0.3) is 0 Å². The van der Waals surface area contributed by atoms with Gasteiger partial charge in [0, 0.05) is 12.0 Å². The number of hydrogen-bond acceptors (Lipinski definition) is 2. The Bertz CT molecular complexity index is 614. The van der Waals surface area contributed by atoms with E-state index >= 15 is 0 Å². The first-order chi connectivity index (χ1) is 11.0. The average Bonchev–Trinajstić information content (AvgIpc) is 2.54. The number of carbonyl (C=O) groups excluding carboxylic acids is 1. The number of rotatable bonds is 7. The molecule has 0 saturated heterocycles. The highest BCUT2D eigenvalue weighted by atomic mass is 16.1. The molecule has 0 spiro atoms. The predicted octanol–water partition coefficient (Wildman–Crippen LogP) is 4.49. The molecule has 0 aliphatic rings. The van der Waals surface area contributed by atoms with Gasteiger partial charge in [0.15, 0.2) is 5.78 Å². The van der Waals surface area contributed by atoms with Gasteiger partial charge in [-0.15, -0.1) is 0 Å².